The molecule has 2 saturated heterocycles. The van der Waals surface area contributed by atoms with Crippen LogP contribution in [0.25, 0.3) is 0 Å². The molecule has 2 heterocycles. The van der Waals surface area contributed by atoms with E-state index in [9.17, 15) is 0 Å². The molecule has 0 aromatic carbocycles. The largest absolute Gasteiger partial charge is 0.428 e. The molecule has 0 bridgehead atoms. The fraction of sp³-hybridized carbons (Fsp3) is 1.00. The second-order valence-corrected chi connectivity index (χ2v) is 15.3. The van der Waals surface area contributed by atoms with Crippen molar-refractivity contribution < 1.29 is 13.9 Å². The highest BCUT2D eigenvalue weighted by atomic mass is 29.2. The number of hydrogen-bond acceptors (Lipinski definition) is 3. The average molecular weight is 289 g/mol. The minimum atomic E-state index is -0.664. The molecule has 2 aliphatic heterocycles. The first kappa shape index (κ1) is 14.7. The van der Waals surface area contributed by atoms with Gasteiger partial charge in [0, 0.05) is 6.61 Å². The fourth-order valence-electron chi connectivity index (χ4n) is 3.13. The molecule has 0 amide bonds. The van der Waals surface area contributed by atoms with Crippen molar-refractivity contribution in [3.63, 3.8) is 0 Å². The van der Waals surface area contributed by atoms with Gasteiger partial charge in [0.25, 0.3) is 0 Å². The molecule has 0 aromatic rings. The molecular weight excluding hydrogens is 260 g/mol. The van der Waals surface area contributed by atoms with E-state index in [1.165, 1.54) is 18.9 Å². The zero-order valence-electron chi connectivity index (χ0n) is 12.3. The quantitative estimate of drug-likeness (QED) is 0.549. The highest BCUT2D eigenvalue weighted by Crippen LogP contribution is 2.41. The van der Waals surface area contributed by atoms with Gasteiger partial charge in [-0.15, -0.1) is 0 Å². The number of rotatable bonds is 6. The van der Waals surface area contributed by atoms with Crippen LogP contribution < -0.4 is 0 Å². The lowest BCUT2D eigenvalue weighted by Gasteiger charge is -2.40. The van der Waals surface area contributed by atoms with Gasteiger partial charge in [0.2, 0.25) is 0 Å². The third-order valence-corrected chi connectivity index (χ3v) is 15.1. The van der Waals surface area contributed by atoms with Gasteiger partial charge in [-0.25, -0.2) is 0 Å². The van der Waals surface area contributed by atoms with E-state index in [-0.39, 0.29) is 14.9 Å². The second-order valence-electron chi connectivity index (χ2n) is 7.11. The van der Waals surface area contributed by atoms with Crippen LogP contribution in [-0.4, -0.2) is 49.1 Å². The van der Waals surface area contributed by atoms with Gasteiger partial charge >= 0.3 is 0 Å². The van der Waals surface area contributed by atoms with E-state index in [0.29, 0.717) is 11.1 Å². The lowest BCUT2D eigenvalue weighted by Crippen LogP contribution is -2.43. The van der Waals surface area contributed by atoms with Gasteiger partial charge in [-0.05, 0) is 31.7 Å². The molecule has 106 valence electrons. The summed E-state index contributed by atoms with van der Waals surface area (Å²) < 4.78 is 17.1. The van der Waals surface area contributed by atoms with Gasteiger partial charge < -0.3 is 13.9 Å². The van der Waals surface area contributed by atoms with Crippen LogP contribution in [0.5, 0.6) is 0 Å². The summed E-state index contributed by atoms with van der Waals surface area (Å²) in [5.74, 6) is 0. The zero-order chi connectivity index (χ0) is 13.2. The molecule has 18 heavy (non-hydrogen) atoms. The Labute approximate surface area is 115 Å². The molecular formula is C13H28O3Si2. The topological polar surface area (TPSA) is 31.0 Å². The summed E-state index contributed by atoms with van der Waals surface area (Å²) in [6, 6.07) is 1.49. The van der Waals surface area contributed by atoms with Crippen LogP contribution in [0.15, 0.2) is 0 Å². The van der Waals surface area contributed by atoms with E-state index in [2.05, 4.69) is 27.7 Å². The molecule has 2 unspecified atom stereocenters. The smallest absolute Gasteiger partial charge is 0.147 e. The molecule has 0 spiro atoms. The SMILES string of the molecule is CC(C)(CC(C)(C)[SiH]1CCCO[SiH2]1)OCC1CO1. The van der Waals surface area contributed by atoms with Crippen molar-refractivity contribution in [1.29, 1.82) is 0 Å². The molecule has 0 aromatic heterocycles. The summed E-state index contributed by atoms with van der Waals surface area (Å²) >= 11 is 0. The second kappa shape index (κ2) is 5.75. The lowest BCUT2D eigenvalue weighted by atomic mass is 9.95. The molecule has 0 radical (unpaired) electrons. The minimum Gasteiger partial charge on any atom is -0.428 e. The number of epoxide rings is 1. The maximum absolute atomic E-state index is 6.05. The van der Waals surface area contributed by atoms with Crippen LogP contribution in [0.4, 0.5) is 0 Å². The molecule has 0 N–H and O–H groups in total. The summed E-state index contributed by atoms with van der Waals surface area (Å²) in [7, 11) is -0.873. The maximum atomic E-state index is 6.05. The Balaban J connectivity index is 1.83. The van der Waals surface area contributed by atoms with Gasteiger partial charge in [-0.2, -0.15) is 0 Å². The van der Waals surface area contributed by atoms with E-state index < -0.39 is 8.31 Å². The van der Waals surface area contributed by atoms with Crippen molar-refractivity contribution in [2.24, 2.45) is 0 Å². The van der Waals surface area contributed by atoms with Crippen molar-refractivity contribution >= 4 is 17.6 Å². The molecule has 2 rings (SSSR count). The standard InChI is InChI=1S/C13H28O3Si2/c1-12(2,15-9-11-8-14-11)10-13(3,4)18-7-5-6-16-17-18/h11,18H,5-10,17H2,1-4H3. The van der Waals surface area contributed by atoms with E-state index >= 15 is 0 Å². The third-order valence-electron chi connectivity index (χ3n) is 4.21. The zero-order valence-corrected chi connectivity index (χ0v) is 14.9. The van der Waals surface area contributed by atoms with Crippen molar-refractivity contribution in [2.75, 3.05) is 19.8 Å². The first-order valence-electron chi connectivity index (χ1n) is 7.22. The van der Waals surface area contributed by atoms with Crippen LogP contribution in [0.2, 0.25) is 11.1 Å². The Kier molecular flexibility index (Phi) is 4.70. The fourth-order valence-corrected chi connectivity index (χ4v) is 11.1. The van der Waals surface area contributed by atoms with Crippen molar-refractivity contribution in [2.45, 2.75) is 63.3 Å². The van der Waals surface area contributed by atoms with E-state index in [1.807, 2.05) is 0 Å². The summed E-state index contributed by atoms with van der Waals surface area (Å²) in [5.41, 5.74) is -0.0195. The lowest BCUT2D eigenvalue weighted by molar-refractivity contribution is -0.0361. The summed E-state index contributed by atoms with van der Waals surface area (Å²) in [6.07, 6.45) is 2.84. The van der Waals surface area contributed by atoms with Gasteiger partial charge in [0.1, 0.15) is 15.4 Å². The summed E-state index contributed by atoms with van der Waals surface area (Å²) in [6.45, 7) is 12.0. The average Bonchev–Trinajstić information content (AvgIpc) is 3.10. The molecule has 0 aliphatic carbocycles. The highest BCUT2D eigenvalue weighted by molar-refractivity contribution is 7.11. The third kappa shape index (κ3) is 4.45. The van der Waals surface area contributed by atoms with Crippen molar-refractivity contribution in [3.8, 4) is 0 Å². The van der Waals surface area contributed by atoms with E-state index in [4.69, 9.17) is 13.9 Å². The minimum absolute atomic E-state index is 0.0195. The highest BCUT2D eigenvalue weighted by Gasteiger charge is 2.38. The van der Waals surface area contributed by atoms with Gasteiger partial charge in [0.05, 0.1) is 27.1 Å². The predicted molar refractivity (Wildman–Crippen MR) is 79.5 cm³/mol. The monoisotopic (exact) mass is 288 g/mol. The van der Waals surface area contributed by atoms with Crippen LogP contribution in [-0.2, 0) is 13.9 Å². The first-order valence-corrected chi connectivity index (χ1v) is 12.5. The first-order chi connectivity index (χ1) is 8.39. The molecule has 0 saturated carbocycles. The molecule has 2 atom stereocenters. The van der Waals surface area contributed by atoms with E-state index in [1.54, 1.807) is 0 Å². The predicted octanol–water partition coefficient (Wildman–Crippen LogP) is 1.58. The van der Waals surface area contributed by atoms with Crippen LogP contribution in [0, 0.1) is 0 Å². The van der Waals surface area contributed by atoms with Crippen LogP contribution in [0.3, 0.4) is 0 Å². The van der Waals surface area contributed by atoms with Gasteiger partial charge in [0.15, 0.2) is 0 Å². The Bertz CT molecular complexity index is 271. The van der Waals surface area contributed by atoms with E-state index in [0.717, 1.165) is 19.8 Å². The Hall–Kier alpha value is 0.314. The molecule has 3 nitrogen and oxygen atoms in total. The Morgan fingerprint density at radius 1 is 1.33 bits per heavy atom. The van der Waals surface area contributed by atoms with Crippen molar-refractivity contribution in [3.05, 3.63) is 0 Å². The Morgan fingerprint density at radius 3 is 2.61 bits per heavy atom. The maximum Gasteiger partial charge on any atom is 0.147 e. The Morgan fingerprint density at radius 2 is 2.06 bits per heavy atom. The summed E-state index contributed by atoms with van der Waals surface area (Å²) in [5, 5.41) is 0.473. The van der Waals surface area contributed by atoms with Crippen molar-refractivity contribution in [1.82, 2.24) is 0 Å². The van der Waals surface area contributed by atoms with Crippen LogP contribution in [0.1, 0.15) is 40.5 Å². The normalized spacial score (nSPS) is 30.7. The molecule has 5 heteroatoms. The number of hydrogen-bond donors (Lipinski definition) is 0. The summed E-state index contributed by atoms with van der Waals surface area (Å²) in [4.78, 5) is 0. The molecule has 2 fully saturated rings. The van der Waals surface area contributed by atoms with Gasteiger partial charge in [-0.1, -0.05) is 19.9 Å². The molecule has 2 aliphatic rings. The van der Waals surface area contributed by atoms with Crippen LogP contribution >= 0.6 is 0 Å². The number of ether oxygens (including phenoxy) is 2. The van der Waals surface area contributed by atoms with Gasteiger partial charge in [-0.3, -0.25) is 0 Å².